The standard InChI is InChI=1S/C14H18N4O2/c1-18-9-10(8-17-18)5-6-16-14(19)11-3-4-12(15)13(7-11)20-2/h3-4,7-9H,5-6,15H2,1-2H3,(H,16,19). The molecule has 1 heterocycles. The summed E-state index contributed by atoms with van der Waals surface area (Å²) < 4.78 is 6.83. The third-order valence-electron chi connectivity index (χ3n) is 2.95. The zero-order chi connectivity index (χ0) is 14.5. The summed E-state index contributed by atoms with van der Waals surface area (Å²) in [5.41, 5.74) is 7.84. The molecule has 3 N–H and O–H groups in total. The summed E-state index contributed by atoms with van der Waals surface area (Å²) in [6.07, 6.45) is 4.46. The summed E-state index contributed by atoms with van der Waals surface area (Å²) in [4.78, 5) is 12.0. The fourth-order valence-electron chi connectivity index (χ4n) is 1.88. The Morgan fingerprint density at radius 3 is 2.95 bits per heavy atom. The lowest BCUT2D eigenvalue weighted by molar-refractivity contribution is 0.0954. The van der Waals surface area contributed by atoms with E-state index in [2.05, 4.69) is 10.4 Å². The molecular formula is C14H18N4O2. The smallest absolute Gasteiger partial charge is 0.251 e. The van der Waals surface area contributed by atoms with Crippen LogP contribution in [0.5, 0.6) is 5.75 Å². The molecule has 0 unspecified atom stereocenters. The number of amides is 1. The lowest BCUT2D eigenvalue weighted by atomic mass is 10.1. The van der Waals surface area contributed by atoms with Crippen molar-refractivity contribution >= 4 is 11.6 Å². The highest BCUT2D eigenvalue weighted by atomic mass is 16.5. The molecule has 2 rings (SSSR count). The minimum absolute atomic E-state index is 0.146. The van der Waals surface area contributed by atoms with Crippen LogP contribution >= 0.6 is 0 Å². The van der Waals surface area contributed by atoms with E-state index in [4.69, 9.17) is 10.5 Å². The van der Waals surface area contributed by atoms with E-state index in [0.717, 1.165) is 12.0 Å². The lowest BCUT2D eigenvalue weighted by Crippen LogP contribution is -2.25. The van der Waals surface area contributed by atoms with E-state index in [1.807, 2.05) is 13.2 Å². The highest BCUT2D eigenvalue weighted by molar-refractivity contribution is 5.95. The van der Waals surface area contributed by atoms with Gasteiger partial charge in [0, 0.05) is 25.4 Å². The SMILES string of the molecule is COc1cc(C(=O)NCCc2cnn(C)c2)ccc1N. The molecule has 1 amide bonds. The Morgan fingerprint density at radius 2 is 2.30 bits per heavy atom. The van der Waals surface area contributed by atoms with Crippen molar-refractivity contribution in [3.63, 3.8) is 0 Å². The van der Waals surface area contributed by atoms with Crippen molar-refractivity contribution in [2.45, 2.75) is 6.42 Å². The quantitative estimate of drug-likeness (QED) is 0.796. The third-order valence-corrected chi connectivity index (χ3v) is 2.95. The van der Waals surface area contributed by atoms with Gasteiger partial charge in [-0.05, 0) is 30.2 Å². The van der Waals surface area contributed by atoms with Crippen LogP contribution < -0.4 is 15.8 Å². The Bertz CT molecular complexity index is 607. The maximum atomic E-state index is 12.0. The van der Waals surface area contributed by atoms with E-state index in [1.54, 1.807) is 29.1 Å². The van der Waals surface area contributed by atoms with Crippen LogP contribution in [0.25, 0.3) is 0 Å². The Kier molecular flexibility index (Phi) is 4.24. The van der Waals surface area contributed by atoms with Gasteiger partial charge in [-0.25, -0.2) is 0 Å². The van der Waals surface area contributed by atoms with Gasteiger partial charge in [-0.1, -0.05) is 0 Å². The Morgan fingerprint density at radius 1 is 1.50 bits per heavy atom. The second-order valence-electron chi connectivity index (χ2n) is 4.48. The number of benzene rings is 1. The second kappa shape index (κ2) is 6.10. The van der Waals surface area contributed by atoms with Gasteiger partial charge in [0.2, 0.25) is 0 Å². The molecule has 0 saturated carbocycles. The topological polar surface area (TPSA) is 82.2 Å². The highest BCUT2D eigenvalue weighted by Gasteiger charge is 2.08. The van der Waals surface area contributed by atoms with Crippen molar-refractivity contribution in [3.05, 3.63) is 41.7 Å². The van der Waals surface area contributed by atoms with Crippen LogP contribution in [0.4, 0.5) is 5.69 Å². The molecule has 1 aromatic carbocycles. The molecule has 0 bridgehead atoms. The van der Waals surface area contributed by atoms with Gasteiger partial charge in [0.15, 0.2) is 0 Å². The van der Waals surface area contributed by atoms with E-state index in [1.165, 1.54) is 7.11 Å². The monoisotopic (exact) mass is 274 g/mol. The number of carbonyl (C=O) groups excluding carboxylic acids is 1. The number of rotatable bonds is 5. The number of anilines is 1. The molecule has 0 radical (unpaired) electrons. The summed E-state index contributed by atoms with van der Waals surface area (Å²) >= 11 is 0. The molecule has 0 aliphatic rings. The van der Waals surface area contributed by atoms with Gasteiger partial charge in [0.05, 0.1) is 19.0 Å². The molecule has 6 nitrogen and oxygen atoms in total. The number of methoxy groups -OCH3 is 1. The van der Waals surface area contributed by atoms with E-state index in [0.29, 0.717) is 23.5 Å². The molecule has 0 saturated heterocycles. The van der Waals surface area contributed by atoms with Crippen LogP contribution in [0.2, 0.25) is 0 Å². The second-order valence-corrected chi connectivity index (χ2v) is 4.48. The maximum Gasteiger partial charge on any atom is 0.251 e. The number of hydrogen-bond acceptors (Lipinski definition) is 4. The largest absolute Gasteiger partial charge is 0.495 e. The predicted octanol–water partition coefficient (Wildman–Crippen LogP) is 0.983. The van der Waals surface area contributed by atoms with Crippen LogP contribution in [-0.2, 0) is 13.5 Å². The molecule has 1 aromatic heterocycles. The highest BCUT2D eigenvalue weighted by Crippen LogP contribution is 2.21. The minimum Gasteiger partial charge on any atom is -0.495 e. The van der Waals surface area contributed by atoms with E-state index in [-0.39, 0.29) is 5.91 Å². The van der Waals surface area contributed by atoms with Gasteiger partial charge in [-0.15, -0.1) is 0 Å². The fraction of sp³-hybridized carbons (Fsp3) is 0.286. The van der Waals surface area contributed by atoms with Gasteiger partial charge in [-0.2, -0.15) is 5.10 Å². The van der Waals surface area contributed by atoms with Gasteiger partial charge in [-0.3, -0.25) is 9.48 Å². The lowest BCUT2D eigenvalue weighted by Gasteiger charge is -2.08. The van der Waals surface area contributed by atoms with Crippen LogP contribution in [-0.4, -0.2) is 29.3 Å². The van der Waals surface area contributed by atoms with Crippen molar-refractivity contribution in [1.82, 2.24) is 15.1 Å². The summed E-state index contributed by atoms with van der Waals surface area (Å²) in [6, 6.07) is 4.97. The van der Waals surface area contributed by atoms with Crippen LogP contribution in [0.1, 0.15) is 15.9 Å². The first kappa shape index (κ1) is 13.9. The molecule has 106 valence electrons. The number of nitrogens with two attached hydrogens (primary N) is 1. The molecular weight excluding hydrogens is 256 g/mol. The van der Waals surface area contributed by atoms with Gasteiger partial charge >= 0.3 is 0 Å². The van der Waals surface area contributed by atoms with Crippen molar-refractivity contribution in [2.75, 3.05) is 19.4 Å². The van der Waals surface area contributed by atoms with Crippen LogP contribution in [0, 0.1) is 0 Å². The third kappa shape index (κ3) is 3.28. The number of nitrogen functional groups attached to an aromatic ring is 1. The van der Waals surface area contributed by atoms with Gasteiger partial charge in [0.1, 0.15) is 5.75 Å². The van der Waals surface area contributed by atoms with E-state index >= 15 is 0 Å². The summed E-state index contributed by atoms with van der Waals surface area (Å²) in [5, 5.41) is 6.93. The first-order valence-corrected chi connectivity index (χ1v) is 6.29. The van der Waals surface area contributed by atoms with Gasteiger partial charge in [0.25, 0.3) is 5.91 Å². The number of ether oxygens (including phenoxy) is 1. The summed E-state index contributed by atoms with van der Waals surface area (Å²) in [7, 11) is 3.39. The molecule has 0 fully saturated rings. The number of hydrogen-bond donors (Lipinski definition) is 2. The average Bonchev–Trinajstić information content (AvgIpc) is 2.85. The van der Waals surface area contributed by atoms with Crippen molar-refractivity contribution in [1.29, 1.82) is 0 Å². The first-order chi connectivity index (χ1) is 9.60. The molecule has 0 aliphatic carbocycles. The molecule has 20 heavy (non-hydrogen) atoms. The Labute approximate surface area is 117 Å². The van der Waals surface area contributed by atoms with Crippen molar-refractivity contribution in [2.24, 2.45) is 7.05 Å². The maximum absolute atomic E-state index is 12.0. The van der Waals surface area contributed by atoms with E-state index < -0.39 is 0 Å². The van der Waals surface area contributed by atoms with Crippen molar-refractivity contribution < 1.29 is 9.53 Å². The number of nitrogens with zero attached hydrogens (tertiary/aromatic N) is 2. The first-order valence-electron chi connectivity index (χ1n) is 6.29. The molecule has 2 aromatic rings. The molecule has 0 atom stereocenters. The number of nitrogens with one attached hydrogen (secondary N) is 1. The predicted molar refractivity (Wildman–Crippen MR) is 76.7 cm³/mol. The van der Waals surface area contributed by atoms with Crippen LogP contribution in [0.15, 0.2) is 30.6 Å². The summed E-state index contributed by atoms with van der Waals surface area (Å²) in [6.45, 7) is 0.553. The van der Waals surface area contributed by atoms with Gasteiger partial charge < -0.3 is 15.8 Å². The minimum atomic E-state index is -0.146. The fourth-order valence-corrected chi connectivity index (χ4v) is 1.88. The zero-order valence-electron chi connectivity index (χ0n) is 11.6. The van der Waals surface area contributed by atoms with E-state index in [9.17, 15) is 4.79 Å². The summed E-state index contributed by atoms with van der Waals surface area (Å²) in [5.74, 6) is 0.358. The number of aromatic nitrogens is 2. The van der Waals surface area contributed by atoms with Crippen LogP contribution in [0.3, 0.4) is 0 Å². The Hall–Kier alpha value is -2.50. The normalized spacial score (nSPS) is 10.3. The average molecular weight is 274 g/mol. The Balaban J connectivity index is 1.91. The number of carbonyl (C=O) groups is 1. The number of aryl methyl sites for hydroxylation is 1. The molecule has 6 heteroatoms. The zero-order valence-corrected chi connectivity index (χ0v) is 11.6. The van der Waals surface area contributed by atoms with Crippen molar-refractivity contribution in [3.8, 4) is 5.75 Å². The molecule has 0 aliphatic heterocycles. The molecule has 0 spiro atoms.